The number of aliphatic hydroxyl groups excluding tert-OH is 1. The first-order chi connectivity index (χ1) is 13.5. The third-order valence-electron chi connectivity index (χ3n) is 6.02. The van der Waals surface area contributed by atoms with Crippen LogP contribution in [0.25, 0.3) is 11.0 Å². The van der Waals surface area contributed by atoms with Crippen LogP contribution in [0.15, 0.2) is 18.2 Å². The summed E-state index contributed by atoms with van der Waals surface area (Å²) in [5.41, 5.74) is 1.72. The predicted molar refractivity (Wildman–Crippen MR) is 107 cm³/mol. The zero-order chi connectivity index (χ0) is 19.7. The summed E-state index contributed by atoms with van der Waals surface area (Å²) >= 11 is 6.01. The summed E-state index contributed by atoms with van der Waals surface area (Å²) in [6.45, 7) is 3.13. The highest BCUT2D eigenvalue weighted by atomic mass is 35.5. The van der Waals surface area contributed by atoms with Crippen molar-refractivity contribution in [2.75, 3.05) is 33.4 Å². The first-order valence-electron chi connectivity index (χ1n) is 9.92. The van der Waals surface area contributed by atoms with Crippen molar-refractivity contribution in [2.45, 2.75) is 43.9 Å². The number of aryl methyl sites for hydroxylation is 1. The molecule has 2 aliphatic rings. The maximum Gasteiger partial charge on any atom is 0.223 e. The molecule has 1 amide bonds. The van der Waals surface area contributed by atoms with Gasteiger partial charge in [0.1, 0.15) is 5.82 Å². The zero-order valence-corrected chi connectivity index (χ0v) is 16.9. The van der Waals surface area contributed by atoms with Crippen LogP contribution < -0.4 is 0 Å². The molecule has 0 bridgehead atoms. The number of aromatic amines is 1. The summed E-state index contributed by atoms with van der Waals surface area (Å²) < 4.78 is 5.41. The van der Waals surface area contributed by atoms with E-state index < -0.39 is 6.10 Å². The molecule has 0 unspecified atom stereocenters. The van der Waals surface area contributed by atoms with Gasteiger partial charge in [-0.3, -0.25) is 9.69 Å². The molecule has 7 nitrogen and oxygen atoms in total. The number of imidazole rings is 1. The number of aromatic nitrogens is 2. The standard InChI is InChI=1S/C20H27ClN4O3/c1-24(16-4-5-17(20(16)27)25-8-10-28-11-9-25)19(26)7-6-18-22-14-3-2-13(21)12-15(14)23-18/h2-3,12,16-17,20,27H,4-11H2,1H3,(H,22,23)/t16-,17-,20-/m1/s1. The number of hydrogen-bond acceptors (Lipinski definition) is 5. The van der Waals surface area contributed by atoms with Crippen LogP contribution in [-0.2, 0) is 16.0 Å². The number of carbonyl (C=O) groups is 1. The molecule has 1 saturated carbocycles. The fourth-order valence-electron chi connectivity index (χ4n) is 4.41. The SMILES string of the molecule is CN(C(=O)CCc1nc2ccc(Cl)cc2[nH]1)[C@@H]1CC[C@@H](N2CCOCC2)[C@@H]1O. The van der Waals surface area contributed by atoms with E-state index in [2.05, 4.69) is 14.9 Å². The van der Waals surface area contributed by atoms with Crippen molar-refractivity contribution in [1.82, 2.24) is 19.8 Å². The van der Waals surface area contributed by atoms with Gasteiger partial charge in [0.25, 0.3) is 0 Å². The number of carbonyl (C=O) groups excluding carboxylic acids is 1. The molecular formula is C20H27ClN4O3. The summed E-state index contributed by atoms with van der Waals surface area (Å²) in [4.78, 5) is 24.5. The Bertz CT molecular complexity index is 836. The second kappa shape index (κ2) is 8.37. The molecule has 3 atom stereocenters. The minimum absolute atomic E-state index is 0.0326. The smallest absolute Gasteiger partial charge is 0.223 e. The van der Waals surface area contributed by atoms with Crippen LogP contribution in [0, 0.1) is 0 Å². The van der Waals surface area contributed by atoms with Crippen LogP contribution in [-0.4, -0.2) is 82.3 Å². The van der Waals surface area contributed by atoms with Crippen molar-refractivity contribution < 1.29 is 14.6 Å². The second-order valence-electron chi connectivity index (χ2n) is 7.70. The number of aliphatic hydroxyl groups is 1. The lowest BCUT2D eigenvalue weighted by Gasteiger charge is -2.36. The van der Waals surface area contributed by atoms with Crippen LogP contribution in [0.4, 0.5) is 0 Å². The van der Waals surface area contributed by atoms with Crippen LogP contribution in [0.5, 0.6) is 0 Å². The number of ether oxygens (including phenoxy) is 1. The summed E-state index contributed by atoms with van der Waals surface area (Å²) in [7, 11) is 1.80. The number of halogens is 1. The molecule has 152 valence electrons. The Labute approximate surface area is 169 Å². The lowest BCUT2D eigenvalue weighted by Crippen LogP contribution is -2.51. The third kappa shape index (κ3) is 4.03. The number of nitrogens with zero attached hydrogens (tertiary/aromatic N) is 3. The van der Waals surface area contributed by atoms with Gasteiger partial charge in [0.15, 0.2) is 0 Å². The van der Waals surface area contributed by atoms with Crippen molar-refractivity contribution in [2.24, 2.45) is 0 Å². The molecule has 1 saturated heterocycles. The number of benzene rings is 1. The molecule has 1 aromatic heterocycles. The average molecular weight is 407 g/mol. The molecule has 8 heteroatoms. The summed E-state index contributed by atoms with van der Waals surface area (Å²) in [5, 5.41) is 11.5. The quantitative estimate of drug-likeness (QED) is 0.791. The number of likely N-dealkylation sites (N-methyl/N-ethyl adjacent to an activating group) is 1. The average Bonchev–Trinajstić information content (AvgIpc) is 3.28. The number of H-pyrrole nitrogens is 1. The molecule has 1 aromatic carbocycles. The van der Waals surface area contributed by atoms with Crippen LogP contribution >= 0.6 is 11.6 Å². The van der Waals surface area contributed by atoms with Crippen molar-refractivity contribution in [3.8, 4) is 0 Å². The highest BCUT2D eigenvalue weighted by molar-refractivity contribution is 6.31. The van der Waals surface area contributed by atoms with E-state index in [-0.39, 0.29) is 18.0 Å². The first-order valence-corrected chi connectivity index (χ1v) is 10.3. The number of amides is 1. The highest BCUT2D eigenvalue weighted by Gasteiger charge is 2.41. The lowest BCUT2D eigenvalue weighted by molar-refractivity contribution is -0.134. The molecule has 2 fully saturated rings. The third-order valence-corrected chi connectivity index (χ3v) is 6.26. The molecule has 1 aliphatic carbocycles. The lowest BCUT2D eigenvalue weighted by atomic mass is 10.1. The molecule has 1 aliphatic heterocycles. The van der Waals surface area contributed by atoms with E-state index in [9.17, 15) is 9.90 Å². The van der Waals surface area contributed by atoms with E-state index in [0.717, 1.165) is 42.8 Å². The van der Waals surface area contributed by atoms with Crippen molar-refractivity contribution in [3.63, 3.8) is 0 Å². The van der Waals surface area contributed by atoms with Crippen LogP contribution in [0.2, 0.25) is 5.02 Å². The Morgan fingerprint density at radius 2 is 2.18 bits per heavy atom. The Morgan fingerprint density at radius 3 is 2.96 bits per heavy atom. The summed E-state index contributed by atoms with van der Waals surface area (Å²) in [6.07, 6.45) is 2.11. The van der Waals surface area contributed by atoms with Gasteiger partial charge in [-0.05, 0) is 31.0 Å². The predicted octanol–water partition coefficient (Wildman–Crippen LogP) is 1.83. The van der Waals surface area contributed by atoms with E-state index in [4.69, 9.17) is 16.3 Å². The fraction of sp³-hybridized carbons (Fsp3) is 0.600. The molecule has 2 N–H and O–H groups in total. The van der Waals surface area contributed by atoms with E-state index in [1.165, 1.54) is 0 Å². The maximum absolute atomic E-state index is 12.7. The van der Waals surface area contributed by atoms with E-state index >= 15 is 0 Å². The minimum atomic E-state index is -0.514. The molecule has 4 rings (SSSR count). The van der Waals surface area contributed by atoms with E-state index in [1.807, 2.05) is 12.1 Å². The summed E-state index contributed by atoms with van der Waals surface area (Å²) in [6, 6.07) is 5.49. The molecule has 0 spiro atoms. The zero-order valence-electron chi connectivity index (χ0n) is 16.1. The van der Waals surface area contributed by atoms with Crippen LogP contribution in [0.1, 0.15) is 25.1 Å². The van der Waals surface area contributed by atoms with Gasteiger partial charge in [0.2, 0.25) is 5.91 Å². The normalized spacial score (nSPS) is 26.0. The number of hydrogen-bond donors (Lipinski definition) is 2. The van der Waals surface area contributed by atoms with Crippen molar-refractivity contribution in [3.05, 3.63) is 29.0 Å². The van der Waals surface area contributed by atoms with Crippen molar-refractivity contribution in [1.29, 1.82) is 0 Å². The number of fused-ring (bicyclic) bond motifs is 1. The largest absolute Gasteiger partial charge is 0.389 e. The highest BCUT2D eigenvalue weighted by Crippen LogP contribution is 2.29. The first kappa shape index (κ1) is 19.6. The van der Waals surface area contributed by atoms with Gasteiger partial charge in [0, 0.05) is 44.0 Å². The molecule has 28 heavy (non-hydrogen) atoms. The van der Waals surface area contributed by atoms with E-state index in [1.54, 1.807) is 18.0 Å². The van der Waals surface area contributed by atoms with Gasteiger partial charge in [-0.25, -0.2) is 4.98 Å². The van der Waals surface area contributed by atoms with Gasteiger partial charge in [0.05, 0.1) is 36.4 Å². The number of rotatable bonds is 5. The van der Waals surface area contributed by atoms with Gasteiger partial charge in [-0.15, -0.1) is 0 Å². The monoisotopic (exact) mass is 406 g/mol. The fourth-order valence-corrected chi connectivity index (χ4v) is 4.58. The Hall–Kier alpha value is -1.67. The van der Waals surface area contributed by atoms with Gasteiger partial charge in [-0.1, -0.05) is 11.6 Å². The number of nitrogens with one attached hydrogen (secondary N) is 1. The minimum Gasteiger partial charge on any atom is -0.389 e. The Morgan fingerprint density at radius 1 is 1.39 bits per heavy atom. The van der Waals surface area contributed by atoms with Crippen molar-refractivity contribution >= 4 is 28.5 Å². The van der Waals surface area contributed by atoms with E-state index in [0.29, 0.717) is 31.1 Å². The molecule has 2 heterocycles. The summed E-state index contributed by atoms with van der Waals surface area (Å²) in [5.74, 6) is 0.808. The topological polar surface area (TPSA) is 81.7 Å². The Balaban J connectivity index is 1.33. The second-order valence-corrected chi connectivity index (χ2v) is 8.14. The van der Waals surface area contributed by atoms with Gasteiger partial charge < -0.3 is 19.7 Å². The molecule has 0 radical (unpaired) electrons. The maximum atomic E-state index is 12.7. The molecular weight excluding hydrogens is 380 g/mol. The van der Waals surface area contributed by atoms with Crippen LogP contribution in [0.3, 0.4) is 0 Å². The number of morpholine rings is 1. The Kier molecular flexibility index (Phi) is 5.87. The van der Waals surface area contributed by atoms with Gasteiger partial charge in [-0.2, -0.15) is 0 Å². The molecule has 2 aromatic rings. The van der Waals surface area contributed by atoms with Gasteiger partial charge >= 0.3 is 0 Å².